The van der Waals surface area contributed by atoms with Gasteiger partial charge < -0.3 is 4.57 Å². The van der Waals surface area contributed by atoms with Gasteiger partial charge in [0.25, 0.3) is 0 Å². The summed E-state index contributed by atoms with van der Waals surface area (Å²) in [6, 6.07) is 56.7. The van der Waals surface area contributed by atoms with Crippen LogP contribution in [0.3, 0.4) is 0 Å². The number of benzene rings is 7. The van der Waals surface area contributed by atoms with Gasteiger partial charge in [-0.1, -0.05) is 109 Å². The summed E-state index contributed by atoms with van der Waals surface area (Å²) in [7, 11) is 0. The predicted octanol–water partition coefficient (Wildman–Crippen LogP) is 11.1. The van der Waals surface area contributed by atoms with E-state index in [4.69, 9.17) is 9.97 Å². The van der Waals surface area contributed by atoms with E-state index in [1.165, 1.54) is 54.8 Å². The fourth-order valence-corrected chi connectivity index (χ4v) is 8.17. The number of rotatable bonds is 3. The van der Waals surface area contributed by atoms with E-state index in [-0.39, 0.29) is 0 Å². The third kappa shape index (κ3) is 3.80. The third-order valence-electron chi connectivity index (χ3n) is 10.4. The summed E-state index contributed by atoms with van der Waals surface area (Å²) in [6.45, 7) is 0. The average molecular weight is 625 g/mol. The molecule has 1 aliphatic rings. The monoisotopic (exact) mass is 624 g/mol. The minimum atomic E-state index is 0.672. The van der Waals surface area contributed by atoms with Crippen molar-refractivity contribution in [2.45, 2.75) is 6.42 Å². The van der Waals surface area contributed by atoms with Crippen LogP contribution in [0.1, 0.15) is 11.1 Å². The molecule has 0 atom stereocenters. The minimum absolute atomic E-state index is 0.672. The van der Waals surface area contributed by atoms with Crippen molar-refractivity contribution in [3.63, 3.8) is 0 Å². The lowest BCUT2D eigenvalue weighted by atomic mass is 9.99. The first kappa shape index (κ1) is 26.5. The van der Waals surface area contributed by atoms with Gasteiger partial charge in [-0.2, -0.15) is 0 Å². The summed E-state index contributed by atoms with van der Waals surface area (Å²) >= 11 is 0. The molecule has 0 unspecified atom stereocenters. The van der Waals surface area contributed by atoms with Crippen LogP contribution in [0.25, 0.3) is 88.5 Å². The topological polar surface area (TPSA) is 35.6 Å². The molecule has 49 heavy (non-hydrogen) atoms. The SMILES string of the molecule is c1ccc2c(c1)Cc1ccc(-c3nc(-n4c5ccccc5c5cc(-n6c7ccccc7c7ccccc76)ccc54)nc4ccccc34)cc1-2. The Morgan fingerprint density at radius 1 is 0.408 bits per heavy atom. The summed E-state index contributed by atoms with van der Waals surface area (Å²) in [5, 5.41) is 5.90. The molecule has 0 aliphatic heterocycles. The third-order valence-corrected chi connectivity index (χ3v) is 10.4. The lowest BCUT2D eigenvalue weighted by Crippen LogP contribution is -2.03. The zero-order valence-corrected chi connectivity index (χ0v) is 26.5. The van der Waals surface area contributed by atoms with Gasteiger partial charge in [0.15, 0.2) is 0 Å². The van der Waals surface area contributed by atoms with E-state index in [2.05, 4.69) is 167 Å². The standard InChI is InChI=1S/C45H28N4/c1-2-12-32-28(11-1)25-29-21-22-30(26-37(29)32)44-36-16-3-7-17-39(36)46-45(47-44)49-42-20-10-6-15-35(42)38-27-31(23-24-43(38)49)48-40-18-8-4-13-33(40)34-14-5-9-19-41(34)48/h1-24,26-27H,25H2. The predicted molar refractivity (Wildman–Crippen MR) is 202 cm³/mol. The van der Waals surface area contributed by atoms with Crippen LogP contribution in [-0.4, -0.2) is 19.1 Å². The van der Waals surface area contributed by atoms with Gasteiger partial charge in [-0.3, -0.25) is 4.57 Å². The molecule has 1 aliphatic carbocycles. The molecule has 0 bridgehead atoms. The van der Waals surface area contributed by atoms with Gasteiger partial charge in [0.1, 0.15) is 0 Å². The van der Waals surface area contributed by atoms with Crippen LogP contribution in [-0.2, 0) is 6.42 Å². The molecule has 11 rings (SSSR count). The van der Waals surface area contributed by atoms with Crippen molar-refractivity contribution in [1.82, 2.24) is 19.1 Å². The van der Waals surface area contributed by atoms with Crippen molar-refractivity contribution in [1.29, 1.82) is 0 Å². The van der Waals surface area contributed by atoms with E-state index in [0.29, 0.717) is 5.95 Å². The van der Waals surface area contributed by atoms with Crippen LogP contribution in [0, 0.1) is 0 Å². The van der Waals surface area contributed by atoms with Crippen LogP contribution >= 0.6 is 0 Å². The molecule has 0 saturated heterocycles. The fourth-order valence-electron chi connectivity index (χ4n) is 8.17. The van der Waals surface area contributed by atoms with Crippen molar-refractivity contribution in [3.05, 3.63) is 169 Å². The Morgan fingerprint density at radius 3 is 1.78 bits per heavy atom. The van der Waals surface area contributed by atoms with Gasteiger partial charge in [-0.25, -0.2) is 9.97 Å². The van der Waals surface area contributed by atoms with Crippen LogP contribution in [0.15, 0.2) is 158 Å². The van der Waals surface area contributed by atoms with E-state index in [1.54, 1.807) is 0 Å². The Labute approximate surface area is 282 Å². The van der Waals surface area contributed by atoms with Crippen LogP contribution in [0.2, 0.25) is 0 Å². The molecule has 3 heterocycles. The van der Waals surface area contributed by atoms with E-state index >= 15 is 0 Å². The molecule has 0 radical (unpaired) electrons. The average Bonchev–Trinajstić information content (AvgIpc) is 3.81. The molecule has 0 saturated carbocycles. The van der Waals surface area contributed by atoms with E-state index in [0.717, 1.165) is 45.3 Å². The highest BCUT2D eigenvalue weighted by atomic mass is 15.2. The number of para-hydroxylation sites is 4. The van der Waals surface area contributed by atoms with Gasteiger partial charge >= 0.3 is 0 Å². The maximum absolute atomic E-state index is 5.40. The second-order valence-corrected chi connectivity index (χ2v) is 13.0. The van der Waals surface area contributed by atoms with Gasteiger partial charge in [0.05, 0.1) is 33.3 Å². The largest absolute Gasteiger partial charge is 0.309 e. The van der Waals surface area contributed by atoms with Crippen molar-refractivity contribution < 1.29 is 0 Å². The van der Waals surface area contributed by atoms with Gasteiger partial charge in [0.2, 0.25) is 5.95 Å². The van der Waals surface area contributed by atoms with Crippen LogP contribution < -0.4 is 0 Å². The molecule has 4 heteroatoms. The summed E-state index contributed by atoms with van der Waals surface area (Å²) in [5.41, 5.74) is 14.0. The quantitative estimate of drug-likeness (QED) is 0.196. The van der Waals surface area contributed by atoms with Gasteiger partial charge in [-0.05, 0) is 77.2 Å². The number of nitrogens with zero attached hydrogens (tertiary/aromatic N) is 4. The highest BCUT2D eigenvalue weighted by Gasteiger charge is 2.22. The van der Waals surface area contributed by atoms with E-state index in [1.807, 2.05) is 0 Å². The molecule has 0 N–H and O–H groups in total. The lowest BCUT2D eigenvalue weighted by molar-refractivity contribution is 1.01. The summed E-state index contributed by atoms with van der Waals surface area (Å²) in [4.78, 5) is 10.6. The number of fused-ring (bicyclic) bond motifs is 10. The van der Waals surface area contributed by atoms with Crippen molar-refractivity contribution >= 4 is 54.5 Å². The van der Waals surface area contributed by atoms with Gasteiger partial charge in [0, 0.05) is 38.2 Å². The molecule has 228 valence electrons. The number of hydrogen-bond donors (Lipinski definition) is 0. The van der Waals surface area contributed by atoms with Crippen molar-refractivity contribution in [3.8, 4) is 34.0 Å². The second-order valence-electron chi connectivity index (χ2n) is 13.0. The first-order valence-corrected chi connectivity index (χ1v) is 16.8. The van der Waals surface area contributed by atoms with Crippen molar-refractivity contribution in [2.75, 3.05) is 0 Å². The normalized spacial score (nSPS) is 12.4. The minimum Gasteiger partial charge on any atom is -0.309 e. The first-order valence-electron chi connectivity index (χ1n) is 16.8. The Kier molecular flexibility index (Phi) is 5.41. The smallest absolute Gasteiger partial charge is 0.235 e. The maximum atomic E-state index is 5.40. The molecular formula is C45H28N4. The Morgan fingerprint density at radius 2 is 1.00 bits per heavy atom. The van der Waals surface area contributed by atoms with E-state index < -0.39 is 0 Å². The molecular weight excluding hydrogens is 597 g/mol. The molecule has 3 aromatic heterocycles. The zero-order valence-electron chi connectivity index (χ0n) is 26.5. The highest BCUT2D eigenvalue weighted by Crippen LogP contribution is 2.41. The molecule has 4 nitrogen and oxygen atoms in total. The zero-order chi connectivity index (χ0) is 32.1. The summed E-state index contributed by atoms with van der Waals surface area (Å²) in [6.07, 6.45) is 0.972. The molecule has 0 spiro atoms. The first-order chi connectivity index (χ1) is 24.3. The lowest BCUT2D eigenvalue weighted by Gasteiger charge is -2.13. The molecule has 0 amide bonds. The fraction of sp³-hybridized carbons (Fsp3) is 0.0222. The Bertz CT molecular complexity index is 2930. The second kappa shape index (κ2) is 9.99. The van der Waals surface area contributed by atoms with Crippen molar-refractivity contribution in [2.24, 2.45) is 0 Å². The van der Waals surface area contributed by atoms with E-state index in [9.17, 15) is 0 Å². The maximum Gasteiger partial charge on any atom is 0.235 e. The molecule has 0 fully saturated rings. The van der Waals surface area contributed by atoms with Crippen LogP contribution in [0.5, 0.6) is 0 Å². The highest BCUT2D eigenvalue weighted by molar-refractivity contribution is 6.12. The Hall–Kier alpha value is -6.52. The molecule has 10 aromatic rings. The van der Waals surface area contributed by atoms with Crippen LogP contribution in [0.4, 0.5) is 0 Å². The summed E-state index contributed by atoms with van der Waals surface area (Å²) < 4.78 is 4.62. The number of aromatic nitrogens is 4. The number of hydrogen-bond acceptors (Lipinski definition) is 2. The van der Waals surface area contributed by atoms with Gasteiger partial charge in [-0.15, -0.1) is 0 Å². The Balaban J connectivity index is 1.15. The summed E-state index contributed by atoms with van der Waals surface area (Å²) in [5.74, 6) is 0.672. The molecule has 7 aromatic carbocycles.